The molecule has 2 heteroatoms. The van der Waals surface area contributed by atoms with Crippen LogP contribution < -0.4 is 10.6 Å². The van der Waals surface area contributed by atoms with E-state index in [9.17, 15) is 0 Å². The predicted octanol–water partition coefficient (Wildman–Crippen LogP) is 2.71. The molecule has 92 valence electrons. The van der Waals surface area contributed by atoms with Gasteiger partial charge in [-0.05, 0) is 37.3 Å². The third-order valence-corrected chi connectivity index (χ3v) is 4.31. The Morgan fingerprint density at radius 3 is 2.71 bits per heavy atom. The largest absolute Gasteiger partial charge is 0.369 e. The fourth-order valence-electron chi connectivity index (χ4n) is 3.39. The van der Waals surface area contributed by atoms with E-state index < -0.39 is 0 Å². The van der Waals surface area contributed by atoms with Gasteiger partial charge in [0.2, 0.25) is 0 Å². The first-order valence-electron chi connectivity index (χ1n) is 6.89. The molecule has 0 amide bonds. The second-order valence-corrected chi connectivity index (χ2v) is 5.72. The molecule has 3 rings (SSSR count). The van der Waals surface area contributed by atoms with Crippen LogP contribution in [0.4, 0.5) is 5.69 Å². The molecule has 1 aliphatic heterocycles. The summed E-state index contributed by atoms with van der Waals surface area (Å²) in [6.07, 6.45) is 7.52. The highest BCUT2D eigenvalue weighted by atomic mass is 15.2. The lowest BCUT2D eigenvalue weighted by molar-refractivity contribution is 0.428. The molecule has 0 radical (unpaired) electrons. The van der Waals surface area contributed by atoms with E-state index in [1.807, 2.05) is 0 Å². The van der Waals surface area contributed by atoms with Crippen LogP contribution in [-0.4, -0.2) is 18.6 Å². The van der Waals surface area contributed by atoms with Crippen LogP contribution in [0.1, 0.15) is 37.7 Å². The molecule has 1 fully saturated rings. The maximum absolute atomic E-state index is 6.51. The standard InChI is InChI=1S/C15H22N2/c16-15(9-3-4-10-15)12-17-11-5-7-13-6-1-2-8-14(13)17/h1-2,6,8H,3-5,7,9-12,16H2. The van der Waals surface area contributed by atoms with E-state index in [-0.39, 0.29) is 5.54 Å². The van der Waals surface area contributed by atoms with E-state index in [4.69, 9.17) is 5.73 Å². The lowest BCUT2D eigenvalue weighted by Gasteiger charge is -2.37. The highest BCUT2D eigenvalue weighted by molar-refractivity contribution is 5.55. The average molecular weight is 230 g/mol. The molecule has 0 aromatic heterocycles. The Morgan fingerprint density at radius 2 is 1.88 bits per heavy atom. The first kappa shape index (κ1) is 11.1. The molecule has 0 unspecified atom stereocenters. The zero-order valence-corrected chi connectivity index (χ0v) is 10.5. The van der Waals surface area contributed by atoms with Gasteiger partial charge in [-0.15, -0.1) is 0 Å². The van der Waals surface area contributed by atoms with Crippen molar-refractivity contribution < 1.29 is 0 Å². The molecule has 0 spiro atoms. The summed E-state index contributed by atoms with van der Waals surface area (Å²) in [6, 6.07) is 8.82. The zero-order valence-electron chi connectivity index (χ0n) is 10.5. The summed E-state index contributed by atoms with van der Waals surface area (Å²) in [7, 11) is 0. The number of para-hydroxylation sites is 1. The Kier molecular flexibility index (Phi) is 2.83. The molecular formula is C15H22N2. The normalized spacial score (nSPS) is 22.5. The molecule has 2 N–H and O–H groups in total. The van der Waals surface area contributed by atoms with E-state index in [2.05, 4.69) is 29.2 Å². The highest BCUT2D eigenvalue weighted by Gasteiger charge is 2.32. The minimum absolute atomic E-state index is 0.0739. The van der Waals surface area contributed by atoms with Crippen molar-refractivity contribution in [1.82, 2.24) is 0 Å². The van der Waals surface area contributed by atoms with Crippen LogP contribution >= 0.6 is 0 Å². The van der Waals surface area contributed by atoms with Crippen molar-refractivity contribution in [3.63, 3.8) is 0 Å². The summed E-state index contributed by atoms with van der Waals surface area (Å²) >= 11 is 0. The third kappa shape index (κ3) is 2.19. The number of anilines is 1. The minimum atomic E-state index is 0.0739. The van der Waals surface area contributed by atoms with Gasteiger partial charge in [-0.1, -0.05) is 31.0 Å². The maximum Gasteiger partial charge on any atom is 0.0399 e. The Labute approximate surface area is 104 Å². The number of benzene rings is 1. The number of hydrogen-bond acceptors (Lipinski definition) is 2. The molecule has 1 saturated carbocycles. The molecule has 0 saturated heterocycles. The smallest absolute Gasteiger partial charge is 0.0399 e. The summed E-state index contributed by atoms with van der Waals surface area (Å²) in [4.78, 5) is 2.52. The van der Waals surface area contributed by atoms with Crippen LogP contribution in [0.2, 0.25) is 0 Å². The van der Waals surface area contributed by atoms with Gasteiger partial charge in [0.25, 0.3) is 0 Å². The molecule has 1 aliphatic carbocycles. The van der Waals surface area contributed by atoms with Crippen LogP contribution in [0.3, 0.4) is 0 Å². The number of hydrogen-bond donors (Lipinski definition) is 1. The van der Waals surface area contributed by atoms with Gasteiger partial charge in [0, 0.05) is 24.3 Å². The fourth-order valence-corrected chi connectivity index (χ4v) is 3.39. The number of rotatable bonds is 2. The van der Waals surface area contributed by atoms with Gasteiger partial charge in [0.1, 0.15) is 0 Å². The Bertz CT molecular complexity index is 394. The Balaban J connectivity index is 1.81. The van der Waals surface area contributed by atoms with Gasteiger partial charge in [-0.25, -0.2) is 0 Å². The molecule has 2 nitrogen and oxygen atoms in total. The van der Waals surface area contributed by atoms with Crippen molar-refractivity contribution >= 4 is 5.69 Å². The van der Waals surface area contributed by atoms with Crippen LogP contribution in [0, 0.1) is 0 Å². The van der Waals surface area contributed by atoms with Gasteiger partial charge < -0.3 is 10.6 Å². The second-order valence-electron chi connectivity index (χ2n) is 5.72. The molecule has 17 heavy (non-hydrogen) atoms. The van der Waals surface area contributed by atoms with Crippen molar-refractivity contribution in [2.75, 3.05) is 18.0 Å². The van der Waals surface area contributed by atoms with Crippen LogP contribution in [0.5, 0.6) is 0 Å². The van der Waals surface area contributed by atoms with Gasteiger partial charge >= 0.3 is 0 Å². The molecule has 1 heterocycles. The first-order chi connectivity index (χ1) is 8.27. The number of nitrogens with zero attached hydrogens (tertiary/aromatic N) is 1. The molecule has 0 bridgehead atoms. The summed E-state index contributed by atoms with van der Waals surface area (Å²) in [5.41, 5.74) is 9.51. The van der Waals surface area contributed by atoms with Crippen LogP contribution in [-0.2, 0) is 6.42 Å². The Hall–Kier alpha value is -1.02. The zero-order chi connectivity index (χ0) is 11.7. The van der Waals surface area contributed by atoms with Gasteiger partial charge in [0.15, 0.2) is 0 Å². The van der Waals surface area contributed by atoms with Crippen LogP contribution in [0.15, 0.2) is 24.3 Å². The van der Waals surface area contributed by atoms with Crippen LogP contribution in [0.25, 0.3) is 0 Å². The minimum Gasteiger partial charge on any atom is -0.369 e. The SMILES string of the molecule is NC1(CN2CCCc3ccccc32)CCCC1. The van der Waals surface area contributed by atoms with E-state index in [0.717, 1.165) is 6.54 Å². The lowest BCUT2D eigenvalue weighted by atomic mass is 9.95. The molecule has 1 aromatic rings. The molecule has 2 aliphatic rings. The van der Waals surface area contributed by atoms with Gasteiger partial charge in [-0.3, -0.25) is 0 Å². The molecule has 0 atom stereocenters. The van der Waals surface area contributed by atoms with E-state index in [0.29, 0.717) is 0 Å². The van der Waals surface area contributed by atoms with Crippen molar-refractivity contribution in [3.05, 3.63) is 29.8 Å². The van der Waals surface area contributed by atoms with E-state index in [1.165, 1.54) is 56.3 Å². The maximum atomic E-state index is 6.51. The predicted molar refractivity (Wildman–Crippen MR) is 72.4 cm³/mol. The summed E-state index contributed by atoms with van der Waals surface area (Å²) in [6.45, 7) is 2.22. The summed E-state index contributed by atoms with van der Waals surface area (Å²) in [5, 5.41) is 0. The van der Waals surface area contributed by atoms with Crippen molar-refractivity contribution in [3.8, 4) is 0 Å². The topological polar surface area (TPSA) is 29.3 Å². The number of aryl methyl sites for hydroxylation is 1. The van der Waals surface area contributed by atoms with Gasteiger partial charge in [0.05, 0.1) is 0 Å². The van der Waals surface area contributed by atoms with Crippen molar-refractivity contribution in [2.24, 2.45) is 5.73 Å². The quantitative estimate of drug-likeness (QED) is 0.846. The molecule has 1 aromatic carbocycles. The average Bonchev–Trinajstić information content (AvgIpc) is 2.76. The number of nitrogens with two attached hydrogens (primary N) is 1. The summed E-state index contributed by atoms with van der Waals surface area (Å²) < 4.78 is 0. The van der Waals surface area contributed by atoms with E-state index >= 15 is 0 Å². The monoisotopic (exact) mass is 230 g/mol. The van der Waals surface area contributed by atoms with E-state index in [1.54, 1.807) is 0 Å². The third-order valence-electron chi connectivity index (χ3n) is 4.31. The van der Waals surface area contributed by atoms with Crippen molar-refractivity contribution in [1.29, 1.82) is 0 Å². The highest BCUT2D eigenvalue weighted by Crippen LogP contribution is 2.32. The lowest BCUT2D eigenvalue weighted by Crippen LogP contribution is -2.49. The number of fused-ring (bicyclic) bond motifs is 1. The van der Waals surface area contributed by atoms with Crippen molar-refractivity contribution in [2.45, 2.75) is 44.1 Å². The summed E-state index contributed by atoms with van der Waals surface area (Å²) in [5.74, 6) is 0. The van der Waals surface area contributed by atoms with Gasteiger partial charge in [-0.2, -0.15) is 0 Å². The first-order valence-corrected chi connectivity index (χ1v) is 6.89. The fraction of sp³-hybridized carbons (Fsp3) is 0.600. The molecular weight excluding hydrogens is 208 g/mol. The second kappa shape index (κ2) is 4.34. The Morgan fingerprint density at radius 1 is 1.12 bits per heavy atom.